The summed E-state index contributed by atoms with van der Waals surface area (Å²) in [5.41, 5.74) is 10.2. The maximum atomic E-state index is 7.88. The molecule has 316 valence electrons. The number of ether oxygens (including phenoxy) is 4. The first-order chi connectivity index (χ1) is 30.7. The molecule has 1 fully saturated rings. The van der Waals surface area contributed by atoms with Crippen molar-refractivity contribution >= 4 is 28.6 Å². The summed E-state index contributed by atoms with van der Waals surface area (Å²) < 4.78 is 26.4. The van der Waals surface area contributed by atoms with E-state index < -0.39 is 5.60 Å². The van der Waals surface area contributed by atoms with Gasteiger partial charge in [-0.25, -0.2) is 0 Å². The quantitative estimate of drug-likeness (QED) is 0.152. The number of methoxy groups -OCH3 is 2. The third-order valence-corrected chi connectivity index (χ3v) is 17.0. The van der Waals surface area contributed by atoms with Crippen LogP contribution in [-0.4, -0.2) is 19.2 Å². The Balaban J connectivity index is 1.18. The van der Waals surface area contributed by atoms with Crippen LogP contribution >= 0.6 is 11.8 Å². The summed E-state index contributed by atoms with van der Waals surface area (Å²) in [6.07, 6.45) is 8.73. The van der Waals surface area contributed by atoms with Crippen LogP contribution in [0.1, 0.15) is 92.3 Å². The SMILES string of the molecule is COc1ccc(C2(c3ccc(OC)cc3)C=Cc3c4c(c5cc6c(cc5c3O2)SC(C(C)C)(C(C)C)O6)-c2ccccc2C42CCC(c3ccccc3)(c3ccccc3)CC2)cc1. The van der Waals surface area contributed by atoms with Crippen LogP contribution < -0.4 is 18.9 Å². The summed E-state index contributed by atoms with van der Waals surface area (Å²) in [4.78, 5) is 0.791. The maximum Gasteiger partial charge on any atom is 0.178 e. The summed E-state index contributed by atoms with van der Waals surface area (Å²) in [5, 5.41) is 2.30. The fourth-order valence-corrected chi connectivity index (χ4v) is 13.2. The second-order valence-electron chi connectivity index (χ2n) is 18.6. The lowest BCUT2D eigenvalue weighted by Crippen LogP contribution is -2.41. The van der Waals surface area contributed by atoms with E-state index in [1.807, 2.05) is 36.0 Å². The van der Waals surface area contributed by atoms with Gasteiger partial charge in [0, 0.05) is 44.7 Å². The van der Waals surface area contributed by atoms with Crippen LogP contribution in [0.25, 0.3) is 28.0 Å². The molecule has 7 aromatic carbocycles. The smallest absolute Gasteiger partial charge is 0.178 e. The van der Waals surface area contributed by atoms with Crippen molar-refractivity contribution in [3.05, 3.63) is 191 Å². The molecule has 11 rings (SSSR count). The zero-order valence-electron chi connectivity index (χ0n) is 37.0. The Morgan fingerprint density at radius 2 is 1.10 bits per heavy atom. The molecule has 1 saturated carbocycles. The topological polar surface area (TPSA) is 36.9 Å². The molecular formula is C58H54O4S. The monoisotopic (exact) mass is 846 g/mol. The van der Waals surface area contributed by atoms with E-state index in [1.165, 1.54) is 49.2 Å². The molecule has 0 saturated heterocycles. The van der Waals surface area contributed by atoms with E-state index in [0.29, 0.717) is 11.8 Å². The van der Waals surface area contributed by atoms with Gasteiger partial charge in [-0.15, -0.1) is 0 Å². The molecule has 4 aliphatic rings. The summed E-state index contributed by atoms with van der Waals surface area (Å²) in [6, 6.07) is 53.2. The highest BCUT2D eigenvalue weighted by Crippen LogP contribution is 2.66. The van der Waals surface area contributed by atoms with Crippen LogP contribution in [0.3, 0.4) is 0 Å². The van der Waals surface area contributed by atoms with Crippen molar-refractivity contribution in [3.63, 3.8) is 0 Å². The van der Waals surface area contributed by atoms with Gasteiger partial charge in [0.15, 0.2) is 10.5 Å². The van der Waals surface area contributed by atoms with Crippen molar-refractivity contribution in [2.75, 3.05) is 14.2 Å². The van der Waals surface area contributed by atoms with Gasteiger partial charge in [0.1, 0.15) is 23.0 Å². The Morgan fingerprint density at radius 1 is 0.556 bits per heavy atom. The van der Waals surface area contributed by atoms with Crippen LogP contribution in [0.5, 0.6) is 23.0 Å². The average Bonchev–Trinajstić information content (AvgIpc) is 3.87. The Kier molecular flexibility index (Phi) is 9.40. The summed E-state index contributed by atoms with van der Waals surface area (Å²) in [6.45, 7) is 9.16. The highest BCUT2D eigenvalue weighted by Gasteiger charge is 2.54. The molecular weight excluding hydrogens is 793 g/mol. The standard InChI is InChI=1S/C58H54O4S/c1-37(2)58(38(3)4)61-50-35-47-48(36-51(50)63-58)54-46(29-30-57(62-54,41-21-25-43(59-5)26-22-41)42-23-27-44(60-6)28-24-42)53-52(47)45-19-13-14-20-49(45)56(53)33-31-55(32-34-56,39-15-9-7-10-16-39)40-17-11-8-12-18-40/h7-30,35-38H,31-34H2,1-6H3. The van der Waals surface area contributed by atoms with E-state index >= 15 is 0 Å². The second-order valence-corrected chi connectivity index (χ2v) is 19.9. The summed E-state index contributed by atoms with van der Waals surface area (Å²) in [7, 11) is 3.43. The third-order valence-electron chi connectivity index (χ3n) is 15.1. The number of hydrogen-bond donors (Lipinski definition) is 0. The lowest BCUT2D eigenvalue weighted by molar-refractivity contribution is 0.0757. The molecule has 0 amide bonds. The molecule has 1 spiro atoms. The molecule has 0 atom stereocenters. The predicted octanol–water partition coefficient (Wildman–Crippen LogP) is 14.5. The molecule has 4 nitrogen and oxygen atoms in total. The molecule has 2 heterocycles. The molecule has 2 aliphatic carbocycles. The number of rotatable bonds is 8. The molecule has 0 unspecified atom stereocenters. The third kappa shape index (κ3) is 5.81. The Morgan fingerprint density at radius 3 is 1.65 bits per heavy atom. The van der Waals surface area contributed by atoms with Crippen molar-refractivity contribution in [1.82, 2.24) is 0 Å². The van der Waals surface area contributed by atoms with E-state index in [2.05, 4.69) is 161 Å². The highest BCUT2D eigenvalue weighted by atomic mass is 32.2. The molecule has 0 aromatic heterocycles. The van der Waals surface area contributed by atoms with Crippen molar-refractivity contribution in [2.45, 2.75) is 79.6 Å². The van der Waals surface area contributed by atoms with Gasteiger partial charge in [-0.1, -0.05) is 155 Å². The van der Waals surface area contributed by atoms with Crippen LogP contribution in [0.15, 0.2) is 157 Å². The summed E-state index contributed by atoms with van der Waals surface area (Å²) in [5.74, 6) is 4.10. The lowest BCUT2D eigenvalue weighted by Gasteiger charge is -2.48. The van der Waals surface area contributed by atoms with Crippen LogP contribution in [-0.2, 0) is 16.4 Å². The van der Waals surface area contributed by atoms with Gasteiger partial charge >= 0.3 is 0 Å². The minimum atomic E-state index is -0.935. The Bertz CT molecular complexity index is 2790. The van der Waals surface area contributed by atoms with E-state index in [9.17, 15) is 0 Å². The molecule has 63 heavy (non-hydrogen) atoms. The first kappa shape index (κ1) is 39.9. The second kappa shape index (κ2) is 14.8. The molecule has 0 N–H and O–H groups in total. The average molecular weight is 847 g/mol. The van der Waals surface area contributed by atoms with Crippen molar-refractivity contribution < 1.29 is 18.9 Å². The zero-order valence-corrected chi connectivity index (χ0v) is 37.9. The van der Waals surface area contributed by atoms with Gasteiger partial charge < -0.3 is 18.9 Å². The number of hydrogen-bond acceptors (Lipinski definition) is 5. The highest BCUT2D eigenvalue weighted by molar-refractivity contribution is 8.01. The first-order valence-electron chi connectivity index (χ1n) is 22.6. The van der Waals surface area contributed by atoms with Crippen LogP contribution in [0, 0.1) is 11.8 Å². The fourth-order valence-electron chi connectivity index (χ4n) is 11.9. The molecule has 0 bridgehead atoms. The molecule has 5 heteroatoms. The van der Waals surface area contributed by atoms with Crippen LogP contribution in [0.2, 0.25) is 0 Å². The van der Waals surface area contributed by atoms with Crippen LogP contribution in [0.4, 0.5) is 0 Å². The Labute approximate surface area is 376 Å². The maximum absolute atomic E-state index is 7.88. The first-order valence-corrected chi connectivity index (χ1v) is 23.4. The number of fused-ring (bicyclic) bond motifs is 11. The van der Waals surface area contributed by atoms with Gasteiger partial charge in [-0.3, -0.25) is 0 Å². The Hall–Kier alpha value is -5.91. The van der Waals surface area contributed by atoms with Crippen molar-refractivity contribution in [3.8, 4) is 34.1 Å². The predicted molar refractivity (Wildman–Crippen MR) is 258 cm³/mol. The molecule has 2 aliphatic heterocycles. The minimum absolute atomic E-state index is 0.102. The lowest BCUT2D eigenvalue weighted by atomic mass is 9.56. The fraction of sp³-hybridized carbons (Fsp3) is 0.276. The zero-order chi connectivity index (χ0) is 43.1. The van der Waals surface area contributed by atoms with Gasteiger partial charge in [0.25, 0.3) is 0 Å². The van der Waals surface area contributed by atoms with E-state index in [0.717, 1.165) is 65.2 Å². The summed E-state index contributed by atoms with van der Waals surface area (Å²) >= 11 is 1.88. The molecule has 0 radical (unpaired) electrons. The minimum Gasteiger partial charge on any atom is -0.497 e. The van der Waals surface area contributed by atoms with E-state index in [4.69, 9.17) is 18.9 Å². The van der Waals surface area contributed by atoms with E-state index in [-0.39, 0.29) is 15.8 Å². The van der Waals surface area contributed by atoms with E-state index in [1.54, 1.807) is 14.2 Å². The normalized spacial score (nSPS) is 18.0. The van der Waals surface area contributed by atoms with Gasteiger partial charge in [-0.2, -0.15) is 0 Å². The number of thioether (sulfide) groups is 1. The van der Waals surface area contributed by atoms with Crippen molar-refractivity contribution in [1.29, 1.82) is 0 Å². The van der Waals surface area contributed by atoms with Gasteiger partial charge in [0.05, 0.1) is 19.1 Å². The molecule has 7 aromatic rings. The number of benzene rings is 7. The van der Waals surface area contributed by atoms with Gasteiger partial charge in [-0.05, 0) is 107 Å². The van der Waals surface area contributed by atoms with Gasteiger partial charge in [0.2, 0.25) is 0 Å². The largest absolute Gasteiger partial charge is 0.497 e. The van der Waals surface area contributed by atoms with Crippen molar-refractivity contribution in [2.24, 2.45) is 11.8 Å².